The van der Waals surface area contributed by atoms with Crippen LogP contribution in [0.4, 0.5) is 17.5 Å². The van der Waals surface area contributed by atoms with Crippen LogP contribution in [0.15, 0.2) is 24.4 Å². The number of nitriles is 1. The molecule has 0 amide bonds. The molecule has 26 heavy (non-hydrogen) atoms. The van der Waals surface area contributed by atoms with Crippen molar-refractivity contribution >= 4 is 17.5 Å². The van der Waals surface area contributed by atoms with E-state index in [9.17, 15) is 5.26 Å². The minimum absolute atomic E-state index is 0.242. The summed E-state index contributed by atoms with van der Waals surface area (Å²) in [5, 5.41) is 20.0. The van der Waals surface area contributed by atoms with Crippen molar-refractivity contribution in [1.82, 2.24) is 15.2 Å². The highest BCUT2D eigenvalue weighted by atomic mass is 16.5. The minimum Gasteiger partial charge on any atom is -0.377 e. The van der Waals surface area contributed by atoms with Crippen molar-refractivity contribution in [3.8, 4) is 6.07 Å². The molecule has 1 saturated heterocycles. The van der Waals surface area contributed by atoms with Gasteiger partial charge in [0, 0.05) is 12.6 Å². The van der Waals surface area contributed by atoms with E-state index in [-0.39, 0.29) is 6.04 Å². The van der Waals surface area contributed by atoms with Crippen LogP contribution in [-0.4, -0.2) is 41.0 Å². The third-order valence-corrected chi connectivity index (χ3v) is 5.21. The van der Waals surface area contributed by atoms with E-state index in [2.05, 4.69) is 53.3 Å². The van der Waals surface area contributed by atoms with E-state index in [1.165, 1.54) is 0 Å². The van der Waals surface area contributed by atoms with E-state index in [1.54, 1.807) is 6.20 Å². The smallest absolute Gasteiger partial charge is 0.134 e. The average molecular weight is 354 g/mol. The molecule has 1 aliphatic rings. The third-order valence-electron chi connectivity index (χ3n) is 5.21. The van der Waals surface area contributed by atoms with Crippen molar-refractivity contribution in [2.24, 2.45) is 0 Å². The zero-order valence-corrected chi connectivity index (χ0v) is 15.6. The molecular formula is C19H26N6O. The molecule has 1 fully saturated rings. The quantitative estimate of drug-likeness (QED) is 0.827. The van der Waals surface area contributed by atoms with Crippen LogP contribution in [0.2, 0.25) is 0 Å². The van der Waals surface area contributed by atoms with Gasteiger partial charge >= 0.3 is 0 Å². The number of aromatic amines is 1. The van der Waals surface area contributed by atoms with Crippen LogP contribution in [-0.2, 0) is 10.2 Å². The third kappa shape index (κ3) is 3.51. The van der Waals surface area contributed by atoms with E-state index >= 15 is 0 Å². The van der Waals surface area contributed by atoms with E-state index in [0.717, 1.165) is 36.6 Å². The lowest BCUT2D eigenvalue weighted by atomic mass is 9.77. The van der Waals surface area contributed by atoms with Crippen LogP contribution in [0.25, 0.3) is 0 Å². The Hall–Kier alpha value is -2.59. The van der Waals surface area contributed by atoms with Crippen LogP contribution in [0.3, 0.4) is 0 Å². The van der Waals surface area contributed by atoms with Gasteiger partial charge in [0.1, 0.15) is 17.5 Å². The zero-order chi connectivity index (χ0) is 18.6. The van der Waals surface area contributed by atoms with Gasteiger partial charge in [0.25, 0.3) is 0 Å². The van der Waals surface area contributed by atoms with Crippen molar-refractivity contribution in [1.29, 1.82) is 5.26 Å². The van der Waals surface area contributed by atoms with E-state index in [4.69, 9.17) is 9.72 Å². The summed E-state index contributed by atoms with van der Waals surface area (Å²) in [5.74, 6) is 2.36. The second kappa shape index (κ2) is 7.75. The number of anilines is 3. The number of pyridine rings is 1. The number of hydrogen-bond donors (Lipinski definition) is 2. The van der Waals surface area contributed by atoms with Crippen LogP contribution in [0.5, 0.6) is 0 Å². The summed E-state index contributed by atoms with van der Waals surface area (Å²) in [4.78, 5) is 7.05. The molecule has 0 bridgehead atoms. The molecule has 0 spiro atoms. The highest BCUT2D eigenvalue weighted by molar-refractivity contribution is 5.59. The minimum atomic E-state index is -0.516. The van der Waals surface area contributed by atoms with Crippen LogP contribution in [0.1, 0.15) is 39.2 Å². The number of nitrogens with zero attached hydrogens (tertiary/aromatic N) is 4. The number of aromatic nitrogens is 3. The number of rotatable bonds is 6. The molecule has 7 heteroatoms. The fourth-order valence-corrected chi connectivity index (χ4v) is 3.42. The predicted molar refractivity (Wildman–Crippen MR) is 102 cm³/mol. The first-order valence-electron chi connectivity index (χ1n) is 9.16. The van der Waals surface area contributed by atoms with Gasteiger partial charge in [-0.05, 0) is 37.5 Å². The van der Waals surface area contributed by atoms with Gasteiger partial charge in [0.15, 0.2) is 0 Å². The molecule has 3 rings (SSSR count). The van der Waals surface area contributed by atoms with Gasteiger partial charge in [-0.3, -0.25) is 5.10 Å². The number of morpholine rings is 1. The Balaban J connectivity index is 2.05. The van der Waals surface area contributed by atoms with Crippen molar-refractivity contribution in [3.05, 3.63) is 30.0 Å². The first-order valence-corrected chi connectivity index (χ1v) is 9.16. The predicted octanol–water partition coefficient (Wildman–Crippen LogP) is 3.35. The molecule has 0 unspecified atom stereocenters. The van der Waals surface area contributed by atoms with E-state index in [0.29, 0.717) is 19.0 Å². The summed E-state index contributed by atoms with van der Waals surface area (Å²) < 4.78 is 5.56. The SMILES string of the molecule is CCC(C#N)(CC)c1cc(Nc2ccn[nH]2)nc(N2CCOC[C@H]2C)c1. The van der Waals surface area contributed by atoms with Gasteiger partial charge in [0.2, 0.25) is 0 Å². The average Bonchev–Trinajstić information content (AvgIpc) is 3.17. The Bertz CT molecular complexity index is 763. The fourth-order valence-electron chi connectivity index (χ4n) is 3.42. The van der Waals surface area contributed by atoms with E-state index < -0.39 is 5.41 Å². The maximum Gasteiger partial charge on any atom is 0.134 e. The molecule has 0 aromatic carbocycles. The van der Waals surface area contributed by atoms with Crippen LogP contribution >= 0.6 is 0 Å². The summed E-state index contributed by atoms with van der Waals surface area (Å²) >= 11 is 0. The Morgan fingerprint density at radius 3 is 2.85 bits per heavy atom. The Kier molecular flexibility index (Phi) is 5.43. The highest BCUT2D eigenvalue weighted by Crippen LogP contribution is 2.35. The van der Waals surface area contributed by atoms with Gasteiger partial charge in [0.05, 0.1) is 36.9 Å². The largest absolute Gasteiger partial charge is 0.377 e. The molecule has 2 aromatic rings. The molecule has 0 radical (unpaired) electrons. The monoisotopic (exact) mass is 354 g/mol. The Morgan fingerprint density at radius 2 is 2.23 bits per heavy atom. The number of hydrogen-bond acceptors (Lipinski definition) is 6. The zero-order valence-electron chi connectivity index (χ0n) is 15.6. The second-order valence-corrected chi connectivity index (χ2v) is 6.71. The summed E-state index contributed by atoms with van der Waals surface area (Å²) in [5.41, 5.74) is 0.480. The molecule has 2 aromatic heterocycles. The highest BCUT2D eigenvalue weighted by Gasteiger charge is 2.31. The lowest BCUT2D eigenvalue weighted by Crippen LogP contribution is -2.44. The molecule has 2 N–H and O–H groups in total. The summed E-state index contributed by atoms with van der Waals surface area (Å²) in [6.45, 7) is 8.41. The molecule has 1 aliphatic heterocycles. The fraction of sp³-hybridized carbons (Fsp3) is 0.526. The van der Waals surface area contributed by atoms with Crippen molar-refractivity contribution in [2.75, 3.05) is 30.0 Å². The van der Waals surface area contributed by atoms with E-state index in [1.807, 2.05) is 12.1 Å². The van der Waals surface area contributed by atoms with Gasteiger partial charge in [-0.15, -0.1) is 0 Å². The summed E-state index contributed by atoms with van der Waals surface area (Å²) in [6.07, 6.45) is 3.20. The van der Waals surface area contributed by atoms with Gasteiger partial charge in [-0.25, -0.2) is 4.98 Å². The number of nitrogens with one attached hydrogen (secondary N) is 2. The molecule has 0 aliphatic carbocycles. The van der Waals surface area contributed by atoms with Gasteiger partial charge in [-0.1, -0.05) is 13.8 Å². The molecule has 7 nitrogen and oxygen atoms in total. The first-order chi connectivity index (χ1) is 12.6. The van der Waals surface area contributed by atoms with Gasteiger partial charge < -0.3 is 15.0 Å². The molecule has 138 valence electrons. The van der Waals surface area contributed by atoms with Crippen LogP contribution < -0.4 is 10.2 Å². The first kappa shape index (κ1) is 18.2. The van der Waals surface area contributed by atoms with Crippen molar-refractivity contribution in [2.45, 2.75) is 45.1 Å². The number of ether oxygens (including phenoxy) is 1. The standard InChI is InChI=1S/C19H26N6O/c1-4-19(5-2,13-20)15-10-17(22-16-6-7-21-24-16)23-18(11-15)25-8-9-26-12-14(25)3/h6-7,10-11,14H,4-5,8-9,12H2,1-3H3,(H2,21,22,23,24)/t14-/m1/s1. The Morgan fingerprint density at radius 1 is 1.42 bits per heavy atom. The topological polar surface area (TPSA) is 89.9 Å². The number of H-pyrrole nitrogens is 1. The molecule has 3 heterocycles. The summed E-state index contributed by atoms with van der Waals surface area (Å²) in [6, 6.07) is 8.67. The van der Waals surface area contributed by atoms with Crippen molar-refractivity contribution < 1.29 is 4.74 Å². The lowest BCUT2D eigenvalue weighted by molar-refractivity contribution is 0.0985. The lowest BCUT2D eigenvalue weighted by Gasteiger charge is -2.35. The van der Waals surface area contributed by atoms with Gasteiger partial charge in [-0.2, -0.15) is 10.4 Å². The Labute approximate surface area is 154 Å². The van der Waals surface area contributed by atoms with Crippen LogP contribution in [0, 0.1) is 11.3 Å². The van der Waals surface area contributed by atoms with Crippen molar-refractivity contribution in [3.63, 3.8) is 0 Å². The molecule has 0 saturated carbocycles. The maximum absolute atomic E-state index is 9.89. The molecular weight excluding hydrogens is 328 g/mol. The summed E-state index contributed by atoms with van der Waals surface area (Å²) in [7, 11) is 0. The molecule has 1 atom stereocenters. The normalized spacial score (nSPS) is 17.8. The maximum atomic E-state index is 9.89. The second-order valence-electron chi connectivity index (χ2n) is 6.71.